The number of hydrogen-bond donors (Lipinski definition) is 2. The average Bonchev–Trinajstić information content (AvgIpc) is 2.29. The van der Waals surface area contributed by atoms with Crippen molar-refractivity contribution in [1.82, 2.24) is 0 Å². The summed E-state index contributed by atoms with van der Waals surface area (Å²) in [5.74, 6) is 0.527. The number of ether oxygens (including phenoxy) is 1. The third-order valence-electron chi connectivity index (χ3n) is 3.68. The second-order valence-electron chi connectivity index (χ2n) is 5.05. The number of amides is 2. The molecule has 1 aliphatic carbocycles. The molecular weight excluding hydrogens is 244 g/mol. The zero-order valence-corrected chi connectivity index (χ0v) is 10.7. The molecule has 1 saturated carbocycles. The molecule has 1 aromatic carbocycles. The predicted octanol–water partition coefficient (Wildman–Crippen LogP) is 2.14. The molecule has 0 radical (unpaired) electrons. The van der Waals surface area contributed by atoms with Gasteiger partial charge in [-0.1, -0.05) is 12.5 Å². The molecule has 1 atom stereocenters. The van der Waals surface area contributed by atoms with Crippen molar-refractivity contribution in [3.8, 4) is 5.75 Å². The van der Waals surface area contributed by atoms with Crippen molar-refractivity contribution in [1.29, 1.82) is 0 Å². The van der Waals surface area contributed by atoms with Crippen LogP contribution in [0.2, 0.25) is 0 Å². The molecule has 1 aliphatic heterocycles. The Balaban J connectivity index is 1.84. The number of anilines is 2. The lowest BCUT2D eigenvalue weighted by molar-refractivity contribution is -0.123. The van der Waals surface area contributed by atoms with E-state index in [0.717, 1.165) is 19.3 Å². The van der Waals surface area contributed by atoms with Crippen LogP contribution >= 0.6 is 0 Å². The van der Waals surface area contributed by atoms with Crippen molar-refractivity contribution in [2.75, 3.05) is 10.6 Å². The van der Waals surface area contributed by atoms with Crippen LogP contribution in [0.15, 0.2) is 18.2 Å². The van der Waals surface area contributed by atoms with Gasteiger partial charge in [-0.05, 0) is 31.9 Å². The van der Waals surface area contributed by atoms with Crippen LogP contribution in [0, 0.1) is 5.92 Å². The van der Waals surface area contributed by atoms with Crippen molar-refractivity contribution >= 4 is 23.2 Å². The zero-order chi connectivity index (χ0) is 13.4. The van der Waals surface area contributed by atoms with Crippen LogP contribution < -0.4 is 15.4 Å². The monoisotopic (exact) mass is 260 g/mol. The van der Waals surface area contributed by atoms with Crippen molar-refractivity contribution in [3.63, 3.8) is 0 Å². The Bertz CT molecular complexity index is 537. The topological polar surface area (TPSA) is 67.4 Å². The fourth-order valence-electron chi connectivity index (χ4n) is 2.24. The van der Waals surface area contributed by atoms with Gasteiger partial charge in [0.15, 0.2) is 6.10 Å². The molecule has 3 rings (SSSR count). The van der Waals surface area contributed by atoms with E-state index in [0.29, 0.717) is 17.1 Å². The molecule has 1 fully saturated rings. The molecule has 2 aliphatic rings. The summed E-state index contributed by atoms with van der Waals surface area (Å²) >= 11 is 0. The number of carbonyl (C=O) groups excluding carboxylic acids is 2. The van der Waals surface area contributed by atoms with Gasteiger partial charge in [-0.25, -0.2) is 0 Å². The van der Waals surface area contributed by atoms with Crippen molar-refractivity contribution in [2.24, 2.45) is 5.92 Å². The third-order valence-corrected chi connectivity index (χ3v) is 3.68. The maximum absolute atomic E-state index is 12.0. The third kappa shape index (κ3) is 2.16. The Hall–Kier alpha value is -2.04. The van der Waals surface area contributed by atoms with Crippen LogP contribution in [0.5, 0.6) is 5.75 Å². The smallest absolute Gasteiger partial charge is 0.265 e. The van der Waals surface area contributed by atoms with E-state index in [1.807, 2.05) is 0 Å². The van der Waals surface area contributed by atoms with Gasteiger partial charge in [-0.2, -0.15) is 0 Å². The number of hydrogen-bond acceptors (Lipinski definition) is 3. The van der Waals surface area contributed by atoms with Crippen LogP contribution in [0.1, 0.15) is 26.2 Å². The van der Waals surface area contributed by atoms with Gasteiger partial charge in [0, 0.05) is 5.92 Å². The van der Waals surface area contributed by atoms with Gasteiger partial charge in [-0.15, -0.1) is 0 Å². The van der Waals surface area contributed by atoms with E-state index in [2.05, 4.69) is 10.6 Å². The Morgan fingerprint density at radius 3 is 2.89 bits per heavy atom. The molecule has 5 nitrogen and oxygen atoms in total. The summed E-state index contributed by atoms with van der Waals surface area (Å²) in [4.78, 5) is 23.6. The SMILES string of the molecule is CC1Oc2cccc(NC(=O)C3CCC3)c2NC1=O. The van der Waals surface area contributed by atoms with Gasteiger partial charge in [0.2, 0.25) is 5.91 Å². The van der Waals surface area contributed by atoms with E-state index < -0.39 is 6.10 Å². The van der Waals surface area contributed by atoms with Crippen LogP contribution in [-0.4, -0.2) is 17.9 Å². The minimum Gasteiger partial charge on any atom is -0.479 e. The summed E-state index contributed by atoms with van der Waals surface area (Å²) in [6.45, 7) is 1.69. The number of carbonyl (C=O) groups is 2. The fraction of sp³-hybridized carbons (Fsp3) is 0.429. The van der Waals surface area contributed by atoms with E-state index in [1.165, 1.54) is 0 Å². The molecule has 5 heteroatoms. The molecular formula is C14H16N2O3. The van der Waals surface area contributed by atoms with E-state index in [1.54, 1.807) is 25.1 Å². The first kappa shape index (κ1) is 12.0. The predicted molar refractivity (Wildman–Crippen MR) is 71.1 cm³/mol. The normalized spacial score (nSPS) is 21.7. The molecule has 0 saturated heterocycles. The van der Waals surface area contributed by atoms with E-state index in [-0.39, 0.29) is 17.7 Å². The summed E-state index contributed by atoms with van der Waals surface area (Å²) in [6, 6.07) is 5.36. The highest BCUT2D eigenvalue weighted by molar-refractivity contribution is 6.04. The molecule has 19 heavy (non-hydrogen) atoms. The van der Waals surface area contributed by atoms with Gasteiger partial charge < -0.3 is 15.4 Å². The number of rotatable bonds is 2. The summed E-state index contributed by atoms with van der Waals surface area (Å²) in [6.07, 6.45) is 2.49. The Morgan fingerprint density at radius 1 is 1.42 bits per heavy atom. The molecule has 1 unspecified atom stereocenters. The molecule has 100 valence electrons. The lowest BCUT2D eigenvalue weighted by Gasteiger charge is -2.27. The highest BCUT2D eigenvalue weighted by Crippen LogP contribution is 2.37. The van der Waals surface area contributed by atoms with E-state index in [4.69, 9.17) is 4.74 Å². The van der Waals surface area contributed by atoms with Gasteiger partial charge in [0.05, 0.1) is 5.69 Å². The molecule has 2 amide bonds. The number of nitrogens with one attached hydrogen (secondary N) is 2. The fourth-order valence-corrected chi connectivity index (χ4v) is 2.24. The standard InChI is InChI=1S/C14H16N2O3/c1-8-13(17)16-12-10(6-3-7-11(12)19-8)15-14(18)9-4-2-5-9/h3,6-9H,2,4-5H2,1H3,(H,15,18)(H,16,17). The number of para-hydroxylation sites is 1. The first-order valence-electron chi connectivity index (χ1n) is 6.56. The summed E-state index contributed by atoms with van der Waals surface area (Å²) < 4.78 is 5.50. The molecule has 1 heterocycles. The van der Waals surface area contributed by atoms with Crippen molar-refractivity contribution in [3.05, 3.63) is 18.2 Å². The number of benzene rings is 1. The maximum atomic E-state index is 12.0. The minimum atomic E-state index is -0.509. The molecule has 0 spiro atoms. The highest BCUT2D eigenvalue weighted by Gasteiger charge is 2.29. The average molecular weight is 260 g/mol. The Kier molecular flexibility index (Phi) is 2.89. The van der Waals surface area contributed by atoms with E-state index >= 15 is 0 Å². The maximum Gasteiger partial charge on any atom is 0.265 e. The molecule has 0 aromatic heterocycles. The number of fused-ring (bicyclic) bond motifs is 1. The zero-order valence-electron chi connectivity index (χ0n) is 10.7. The van der Waals surface area contributed by atoms with Crippen LogP contribution in [-0.2, 0) is 9.59 Å². The minimum absolute atomic E-state index is 0.0209. The lowest BCUT2D eigenvalue weighted by Crippen LogP contribution is -2.35. The first-order chi connectivity index (χ1) is 9.15. The van der Waals surface area contributed by atoms with Crippen LogP contribution in [0.4, 0.5) is 11.4 Å². The van der Waals surface area contributed by atoms with Gasteiger partial charge in [0.1, 0.15) is 11.4 Å². The van der Waals surface area contributed by atoms with Gasteiger partial charge in [0.25, 0.3) is 5.91 Å². The Morgan fingerprint density at radius 2 is 2.21 bits per heavy atom. The van der Waals surface area contributed by atoms with Gasteiger partial charge >= 0.3 is 0 Å². The molecule has 1 aromatic rings. The quantitative estimate of drug-likeness (QED) is 0.856. The van der Waals surface area contributed by atoms with Gasteiger partial charge in [-0.3, -0.25) is 9.59 Å². The van der Waals surface area contributed by atoms with Crippen molar-refractivity contribution in [2.45, 2.75) is 32.3 Å². The summed E-state index contributed by atoms with van der Waals surface area (Å²) in [7, 11) is 0. The highest BCUT2D eigenvalue weighted by atomic mass is 16.5. The van der Waals surface area contributed by atoms with Crippen LogP contribution in [0.25, 0.3) is 0 Å². The molecule has 2 N–H and O–H groups in total. The second-order valence-corrected chi connectivity index (χ2v) is 5.05. The first-order valence-corrected chi connectivity index (χ1v) is 6.56. The Labute approximate surface area is 111 Å². The largest absolute Gasteiger partial charge is 0.479 e. The second kappa shape index (κ2) is 4.57. The van der Waals surface area contributed by atoms with Crippen molar-refractivity contribution < 1.29 is 14.3 Å². The summed E-state index contributed by atoms with van der Waals surface area (Å²) in [5.41, 5.74) is 1.16. The lowest BCUT2D eigenvalue weighted by atomic mass is 9.85. The van der Waals surface area contributed by atoms with Crippen LogP contribution in [0.3, 0.4) is 0 Å². The summed E-state index contributed by atoms with van der Waals surface area (Å²) in [5, 5.41) is 5.65. The van der Waals surface area contributed by atoms with E-state index in [9.17, 15) is 9.59 Å². The molecule has 0 bridgehead atoms.